The molecule has 4 rings (SSSR count). The zero-order valence-electron chi connectivity index (χ0n) is 15.2. The van der Waals surface area contributed by atoms with Crippen molar-refractivity contribution in [2.24, 2.45) is 17.3 Å². The van der Waals surface area contributed by atoms with Gasteiger partial charge in [-0.1, -0.05) is 17.2 Å². The fourth-order valence-corrected chi connectivity index (χ4v) is 4.70. The molecule has 1 aliphatic heterocycles. The van der Waals surface area contributed by atoms with Gasteiger partial charge in [-0.25, -0.2) is 0 Å². The molecule has 0 unspecified atom stereocenters. The van der Waals surface area contributed by atoms with E-state index in [0.29, 0.717) is 0 Å². The Balaban J connectivity index is 2.08. The minimum absolute atomic E-state index is 0.00980. The van der Waals surface area contributed by atoms with Crippen molar-refractivity contribution in [1.82, 2.24) is 0 Å². The smallest absolute Gasteiger partial charge is 0.304 e. The summed E-state index contributed by atoms with van der Waals surface area (Å²) < 4.78 is 16.9. The summed E-state index contributed by atoms with van der Waals surface area (Å²) in [5.41, 5.74) is 1.06. The lowest BCUT2D eigenvalue weighted by Gasteiger charge is -2.58. The molecule has 6 heteroatoms. The summed E-state index contributed by atoms with van der Waals surface area (Å²) in [6.45, 7) is 8.20. The second-order valence-electron chi connectivity index (χ2n) is 7.46. The first-order chi connectivity index (χ1) is 11.7. The number of carbonyl (C=O) groups excluding carboxylic acids is 3. The topological polar surface area (TPSA) is 78.9 Å². The molecule has 2 fully saturated rings. The summed E-state index contributed by atoms with van der Waals surface area (Å²) in [5, 5.41) is 0. The number of ether oxygens (including phenoxy) is 3. The first kappa shape index (κ1) is 17.9. The average molecular weight is 348 g/mol. The third-order valence-corrected chi connectivity index (χ3v) is 5.50. The molecule has 0 radical (unpaired) electrons. The molecule has 1 saturated heterocycles. The highest BCUT2D eigenvalue weighted by Crippen LogP contribution is 2.69. The Bertz CT molecular complexity index is 686. The summed E-state index contributed by atoms with van der Waals surface area (Å²) in [5.74, 6) is -1.33. The lowest BCUT2D eigenvalue weighted by Crippen LogP contribution is -2.65. The molecule has 0 amide bonds. The van der Waals surface area contributed by atoms with Gasteiger partial charge in [0.2, 0.25) is 6.29 Å². The first-order valence-electron chi connectivity index (χ1n) is 8.54. The summed E-state index contributed by atoms with van der Waals surface area (Å²) in [6.07, 6.45) is 2.19. The van der Waals surface area contributed by atoms with Crippen LogP contribution >= 0.6 is 0 Å². The van der Waals surface area contributed by atoms with Crippen molar-refractivity contribution >= 4 is 17.7 Å². The maximum atomic E-state index is 12.9. The molecule has 1 heterocycles. The second kappa shape index (κ2) is 6.09. The van der Waals surface area contributed by atoms with Crippen LogP contribution in [0, 0.1) is 17.3 Å². The van der Waals surface area contributed by atoms with E-state index in [0.717, 1.165) is 17.6 Å². The number of rotatable bonds is 5. The number of hydrogen-bond donors (Lipinski definition) is 0. The predicted molar refractivity (Wildman–Crippen MR) is 88.2 cm³/mol. The number of esters is 2. The van der Waals surface area contributed by atoms with E-state index in [1.54, 1.807) is 0 Å². The quantitative estimate of drug-likeness (QED) is 0.431. The van der Waals surface area contributed by atoms with Crippen LogP contribution < -0.4 is 0 Å². The van der Waals surface area contributed by atoms with E-state index in [-0.39, 0.29) is 23.7 Å². The van der Waals surface area contributed by atoms with Gasteiger partial charge in [0.25, 0.3) is 0 Å². The lowest BCUT2D eigenvalue weighted by atomic mass is 9.45. The van der Waals surface area contributed by atoms with E-state index in [2.05, 4.69) is 0 Å². The van der Waals surface area contributed by atoms with Crippen LogP contribution in [0.25, 0.3) is 0 Å². The zero-order chi connectivity index (χ0) is 18.5. The number of ketones is 1. The molecule has 0 aromatic carbocycles. The van der Waals surface area contributed by atoms with Crippen LogP contribution in [-0.4, -0.2) is 36.2 Å². The molecule has 0 aromatic heterocycles. The summed E-state index contributed by atoms with van der Waals surface area (Å²) in [4.78, 5) is 36.2. The number of hydrogen-bond acceptors (Lipinski definition) is 6. The van der Waals surface area contributed by atoms with Crippen molar-refractivity contribution in [1.29, 1.82) is 0 Å². The normalized spacial score (nSPS) is 35.8. The highest BCUT2D eigenvalue weighted by molar-refractivity contribution is 5.96. The van der Waals surface area contributed by atoms with E-state index < -0.39 is 29.7 Å². The Hall–Kier alpha value is -1.95. The highest BCUT2D eigenvalue weighted by atomic mass is 16.7. The molecule has 4 bridgehead atoms. The van der Waals surface area contributed by atoms with Crippen LogP contribution in [0.1, 0.15) is 41.0 Å². The predicted octanol–water partition coefficient (Wildman–Crippen LogP) is 2.32. The average Bonchev–Trinajstić information content (AvgIpc) is 2.58. The molecule has 0 spiro atoms. The third-order valence-electron chi connectivity index (χ3n) is 5.50. The van der Waals surface area contributed by atoms with Crippen LogP contribution in [-0.2, 0) is 28.6 Å². The Labute approximate surface area is 147 Å². The molecular formula is C19H24O6. The monoisotopic (exact) mass is 348 g/mol. The molecule has 3 aliphatic carbocycles. The fourth-order valence-electron chi connectivity index (χ4n) is 4.70. The van der Waals surface area contributed by atoms with Crippen molar-refractivity contribution in [2.75, 3.05) is 0 Å². The summed E-state index contributed by atoms with van der Waals surface area (Å²) in [7, 11) is 0. The molecule has 6 atom stereocenters. The Morgan fingerprint density at radius 2 is 1.92 bits per heavy atom. The Morgan fingerprint density at radius 3 is 2.44 bits per heavy atom. The van der Waals surface area contributed by atoms with Crippen molar-refractivity contribution in [3.63, 3.8) is 0 Å². The molecule has 6 nitrogen and oxygen atoms in total. The zero-order valence-corrected chi connectivity index (χ0v) is 15.2. The minimum atomic E-state index is -1.03. The van der Waals surface area contributed by atoms with Crippen molar-refractivity contribution in [3.8, 4) is 0 Å². The van der Waals surface area contributed by atoms with Gasteiger partial charge in [0, 0.05) is 19.8 Å². The summed E-state index contributed by atoms with van der Waals surface area (Å²) in [6, 6.07) is 0. The van der Waals surface area contributed by atoms with Crippen molar-refractivity contribution < 1.29 is 28.6 Å². The lowest BCUT2D eigenvalue weighted by molar-refractivity contribution is -0.229. The van der Waals surface area contributed by atoms with Gasteiger partial charge in [0.15, 0.2) is 11.9 Å². The van der Waals surface area contributed by atoms with Gasteiger partial charge >= 0.3 is 11.9 Å². The van der Waals surface area contributed by atoms with Gasteiger partial charge in [-0.15, -0.1) is 0 Å². The van der Waals surface area contributed by atoms with Gasteiger partial charge in [-0.2, -0.15) is 0 Å². The minimum Gasteiger partial charge on any atom is -0.453 e. The van der Waals surface area contributed by atoms with Gasteiger partial charge in [-0.05, 0) is 39.2 Å². The molecule has 4 aliphatic rings. The summed E-state index contributed by atoms with van der Waals surface area (Å²) >= 11 is 0. The maximum absolute atomic E-state index is 12.9. The van der Waals surface area contributed by atoms with Crippen LogP contribution in [0.4, 0.5) is 0 Å². The number of allylic oxidation sites excluding steroid dienone is 2. The SMILES string of the molecule is CC(=O)O[C@H]1O[C@@H]2C=C(C)[C@H]3C[C@@H]2[C@]13[C@@H](OC(C)=O)C(=O)C=C(C)C. The van der Waals surface area contributed by atoms with E-state index in [4.69, 9.17) is 14.2 Å². The second-order valence-corrected chi connectivity index (χ2v) is 7.46. The highest BCUT2D eigenvalue weighted by Gasteiger charge is 2.75. The van der Waals surface area contributed by atoms with Crippen molar-refractivity contribution in [2.45, 2.75) is 59.5 Å². The van der Waals surface area contributed by atoms with Crippen molar-refractivity contribution in [3.05, 3.63) is 23.3 Å². The number of carbonyl (C=O) groups is 3. The van der Waals surface area contributed by atoms with Gasteiger partial charge in [0.05, 0.1) is 11.5 Å². The molecular weight excluding hydrogens is 324 g/mol. The maximum Gasteiger partial charge on any atom is 0.304 e. The largest absolute Gasteiger partial charge is 0.453 e. The van der Waals surface area contributed by atoms with Gasteiger partial charge in [0.1, 0.15) is 0 Å². The standard InChI is InChI=1S/C19H24O6/c1-9(2)6-15(22)17(23-11(4)20)19-13-8-14(19)16(7-10(13)3)25-18(19)24-12(5)21/h6-7,13-14,16-18H,8H2,1-5H3/t13-,14+,16-,17+,18+,19-/m1/s1. The van der Waals surface area contributed by atoms with E-state index in [9.17, 15) is 14.4 Å². The van der Waals surface area contributed by atoms with Crippen LogP contribution in [0.15, 0.2) is 23.3 Å². The molecule has 0 aromatic rings. The van der Waals surface area contributed by atoms with E-state index in [1.807, 2.05) is 26.8 Å². The molecule has 1 saturated carbocycles. The van der Waals surface area contributed by atoms with Gasteiger partial charge < -0.3 is 14.2 Å². The Kier molecular flexibility index (Phi) is 4.35. The fraction of sp³-hybridized carbons (Fsp3) is 0.632. The third kappa shape index (κ3) is 2.63. The van der Waals surface area contributed by atoms with Crippen LogP contribution in [0.2, 0.25) is 0 Å². The molecule has 25 heavy (non-hydrogen) atoms. The van der Waals surface area contributed by atoms with Crippen LogP contribution in [0.3, 0.4) is 0 Å². The van der Waals surface area contributed by atoms with E-state index >= 15 is 0 Å². The molecule has 0 N–H and O–H groups in total. The first-order valence-corrected chi connectivity index (χ1v) is 8.54. The molecule has 136 valence electrons. The van der Waals surface area contributed by atoms with Crippen LogP contribution in [0.5, 0.6) is 0 Å². The van der Waals surface area contributed by atoms with E-state index in [1.165, 1.54) is 19.9 Å². The van der Waals surface area contributed by atoms with Gasteiger partial charge in [-0.3, -0.25) is 14.4 Å². The Morgan fingerprint density at radius 1 is 1.24 bits per heavy atom.